The highest BCUT2D eigenvalue weighted by Gasteiger charge is 2.56. The molecule has 1 saturated heterocycles. The maximum Gasteiger partial charge on any atom is 0.414 e. The smallest absolute Gasteiger partial charge is 0.332 e. The van der Waals surface area contributed by atoms with Crippen molar-refractivity contribution in [3.8, 4) is 6.07 Å². The minimum Gasteiger partial charge on any atom is -0.332 e. The van der Waals surface area contributed by atoms with Gasteiger partial charge < -0.3 is 4.90 Å². The minimum absolute atomic E-state index is 0.0521. The monoisotopic (exact) mass is 435 g/mol. The Morgan fingerprint density at radius 1 is 1.21 bits per heavy atom. The van der Waals surface area contributed by atoms with Crippen LogP contribution in [0.25, 0.3) is 0 Å². The van der Waals surface area contributed by atoms with Gasteiger partial charge in [0.25, 0.3) is 5.91 Å². The van der Waals surface area contributed by atoms with E-state index in [4.69, 9.17) is 12.2 Å². The maximum absolute atomic E-state index is 13.7. The van der Waals surface area contributed by atoms with Crippen LogP contribution in [-0.2, 0) is 4.79 Å². The Morgan fingerprint density at radius 2 is 1.79 bits per heavy atom. The van der Waals surface area contributed by atoms with Gasteiger partial charge in [-0.25, -0.2) is 4.39 Å². The molecule has 10 heteroatoms. The van der Waals surface area contributed by atoms with Crippen LogP contribution in [0.4, 0.5) is 22.0 Å². The van der Waals surface area contributed by atoms with Crippen molar-refractivity contribution in [2.24, 2.45) is 11.3 Å². The van der Waals surface area contributed by atoms with Crippen molar-refractivity contribution in [3.05, 3.63) is 22.9 Å². The quantitative estimate of drug-likeness (QED) is 0.473. The van der Waals surface area contributed by atoms with Gasteiger partial charge in [-0.1, -0.05) is 13.8 Å². The number of amides is 1. The van der Waals surface area contributed by atoms with E-state index < -0.39 is 59.9 Å². The van der Waals surface area contributed by atoms with Crippen LogP contribution in [0, 0.1) is 22.7 Å². The zero-order valence-electron chi connectivity index (χ0n) is 16.5. The van der Waals surface area contributed by atoms with E-state index in [1.807, 2.05) is 0 Å². The highest BCUT2D eigenvalue weighted by molar-refractivity contribution is 7.80. The predicted octanol–water partition coefficient (Wildman–Crippen LogP) is 4.45. The van der Waals surface area contributed by atoms with Crippen LogP contribution >= 0.6 is 12.2 Å². The summed E-state index contributed by atoms with van der Waals surface area (Å²) in [6, 6.07) is 1.53. The molecule has 1 heterocycles. The third kappa shape index (κ3) is 3.65. The summed E-state index contributed by atoms with van der Waals surface area (Å²) < 4.78 is 67.4. The lowest BCUT2D eigenvalue weighted by atomic mass is 9.66. The molecule has 2 rings (SSSR count). The summed E-state index contributed by atoms with van der Waals surface area (Å²) >= 11 is 5.35. The SMILES string of the molecule is CC1(C)C(N2C(=O)C(C)(C)N(CCF)C2=S)=CC(C#N)=C(C(F)(F)F)C1CCF. The summed E-state index contributed by atoms with van der Waals surface area (Å²) in [5.41, 5.74) is -4.29. The van der Waals surface area contributed by atoms with E-state index in [-0.39, 0.29) is 17.4 Å². The summed E-state index contributed by atoms with van der Waals surface area (Å²) in [5.74, 6) is -1.93. The van der Waals surface area contributed by atoms with Crippen molar-refractivity contribution in [2.75, 3.05) is 19.9 Å². The number of rotatable bonds is 5. The number of hydrogen-bond donors (Lipinski definition) is 0. The van der Waals surface area contributed by atoms with Gasteiger partial charge in [0.05, 0.1) is 23.9 Å². The topological polar surface area (TPSA) is 47.3 Å². The van der Waals surface area contributed by atoms with Crippen molar-refractivity contribution in [1.29, 1.82) is 5.26 Å². The Bertz CT molecular complexity index is 823. The molecule has 1 aliphatic heterocycles. The molecule has 1 amide bonds. The molecule has 1 fully saturated rings. The fourth-order valence-corrected chi connectivity index (χ4v) is 4.55. The van der Waals surface area contributed by atoms with Gasteiger partial charge in [0.2, 0.25) is 0 Å². The van der Waals surface area contributed by atoms with Gasteiger partial charge in [0, 0.05) is 23.6 Å². The number of hydrogen-bond acceptors (Lipinski definition) is 3. The van der Waals surface area contributed by atoms with E-state index in [0.717, 1.165) is 11.0 Å². The van der Waals surface area contributed by atoms with Crippen molar-refractivity contribution in [2.45, 2.75) is 45.8 Å². The lowest BCUT2D eigenvalue weighted by molar-refractivity contribution is -0.131. The number of thiocarbonyl (C=S) groups is 1. The molecule has 1 aliphatic carbocycles. The van der Waals surface area contributed by atoms with Crippen LogP contribution in [0.2, 0.25) is 0 Å². The van der Waals surface area contributed by atoms with Crippen LogP contribution in [0.15, 0.2) is 22.9 Å². The van der Waals surface area contributed by atoms with Gasteiger partial charge in [-0.05, 0) is 38.6 Å². The lowest BCUT2D eigenvalue weighted by Crippen LogP contribution is -2.46. The van der Waals surface area contributed by atoms with E-state index in [1.54, 1.807) is 0 Å². The second kappa shape index (κ2) is 7.67. The molecule has 0 bridgehead atoms. The molecule has 0 radical (unpaired) electrons. The van der Waals surface area contributed by atoms with Crippen LogP contribution in [0.5, 0.6) is 0 Å². The van der Waals surface area contributed by atoms with Crippen molar-refractivity contribution >= 4 is 23.2 Å². The first-order valence-corrected chi connectivity index (χ1v) is 9.39. The van der Waals surface area contributed by atoms with Crippen LogP contribution in [-0.4, -0.2) is 52.4 Å². The number of halogens is 5. The molecule has 0 aromatic carbocycles. The van der Waals surface area contributed by atoms with Gasteiger partial charge in [-0.15, -0.1) is 0 Å². The Hall–Kier alpha value is -2.02. The Labute approximate surface area is 171 Å². The first-order chi connectivity index (χ1) is 13.3. The molecule has 0 N–H and O–H groups in total. The van der Waals surface area contributed by atoms with E-state index >= 15 is 0 Å². The molecule has 0 aromatic heterocycles. The maximum atomic E-state index is 13.7. The number of carbonyl (C=O) groups excluding carboxylic acids is 1. The van der Waals surface area contributed by atoms with Gasteiger partial charge in [0.1, 0.15) is 12.2 Å². The van der Waals surface area contributed by atoms with E-state index in [9.17, 15) is 32.0 Å². The summed E-state index contributed by atoms with van der Waals surface area (Å²) in [4.78, 5) is 15.5. The number of carbonyl (C=O) groups is 1. The van der Waals surface area contributed by atoms with E-state index in [2.05, 4.69) is 0 Å². The standard InChI is InChI=1S/C19H22F5N3OS/c1-17(2)12(5-6-20)14(19(22,23)24)11(10-25)9-13(17)27-15(28)18(3,4)26(8-7-21)16(27)29/h9,12H,5-8H2,1-4H3. The fourth-order valence-electron chi connectivity index (χ4n) is 4.05. The number of nitriles is 1. The van der Waals surface area contributed by atoms with E-state index in [1.165, 1.54) is 38.7 Å². The molecule has 0 spiro atoms. The second-order valence-electron chi connectivity index (χ2n) is 8.04. The van der Waals surface area contributed by atoms with Crippen molar-refractivity contribution in [1.82, 2.24) is 9.80 Å². The molecular formula is C19H22F5N3OS. The number of allylic oxidation sites excluding steroid dienone is 4. The van der Waals surface area contributed by atoms with E-state index in [0.29, 0.717) is 0 Å². The van der Waals surface area contributed by atoms with Crippen LogP contribution < -0.4 is 0 Å². The van der Waals surface area contributed by atoms with Crippen LogP contribution in [0.3, 0.4) is 0 Å². The summed E-state index contributed by atoms with van der Waals surface area (Å²) in [7, 11) is 0. The summed E-state index contributed by atoms with van der Waals surface area (Å²) in [6.07, 6.45) is -4.31. The predicted molar refractivity (Wildman–Crippen MR) is 101 cm³/mol. The normalized spacial score (nSPS) is 24.1. The van der Waals surface area contributed by atoms with Crippen molar-refractivity contribution in [3.63, 3.8) is 0 Å². The van der Waals surface area contributed by atoms with Gasteiger partial charge in [0.15, 0.2) is 5.11 Å². The Kier molecular flexibility index (Phi) is 6.15. The zero-order chi connectivity index (χ0) is 22.4. The molecule has 4 nitrogen and oxygen atoms in total. The highest BCUT2D eigenvalue weighted by atomic mass is 32.1. The fraction of sp³-hybridized carbons (Fsp3) is 0.632. The average molecular weight is 435 g/mol. The largest absolute Gasteiger partial charge is 0.414 e. The molecule has 0 saturated carbocycles. The first-order valence-electron chi connectivity index (χ1n) is 8.98. The summed E-state index contributed by atoms with van der Waals surface area (Å²) in [5, 5.41) is 9.32. The third-order valence-electron chi connectivity index (χ3n) is 5.65. The number of nitrogens with zero attached hydrogens (tertiary/aromatic N) is 3. The molecule has 160 valence electrons. The Morgan fingerprint density at radius 3 is 2.24 bits per heavy atom. The van der Waals surface area contributed by atoms with Crippen molar-refractivity contribution < 1.29 is 26.7 Å². The molecule has 1 unspecified atom stereocenters. The van der Waals surface area contributed by atoms with Gasteiger partial charge in [-0.3, -0.25) is 14.1 Å². The van der Waals surface area contributed by atoms with Gasteiger partial charge >= 0.3 is 6.18 Å². The van der Waals surface area contributed by atoms with Gasteiger partial charge in [-0.2, -0.15) is 18.4 Å². The zero-order valence-corrected chi connectivity index (χ0v) is 17.3. The minimum atomic E-state index is -4.83. The third-order valence-corrected chi connectivity index (χ3v) is 6.05. The summed E-state index contributed by atoms with van der Waals surface area (Å²) in [6.45, 7) is 4.02. The van der Waals surface area contributed by atoms with Crippen LogP contribution in [0.1, 0.15) is 34.1 Å². The molecule has 0 aromatic rings. The second-order valence-corrected chi connectivity index (χ2v) is 8.41. The number of alkyl halides is 5. The lowest BCUT2D eigenvalue weighted by Gasteiger charge is -2.44. The molecular weight excluding hydrogens is 413 g/mol. The molecule has 2 aliphatic rings. The first kappa shape index (κ1) is 23.3. The average Bonchev–Trinajstić information content (AvgIpc) is 2.76. The molecule has 29 heavy (non-hydrogen) atoms. The molecule has 1 atom stereocenters. The Balaban J connectivity index is 2.73. The highest BCUT2D eigenvalue weighted by Crippen LogP contribution is 2.53.